The number of amides is 1. The molecule has 1 saturated carbocycles. The molecule has 1 aliphatic rings. The van der Waals surface area contributed by atoms with Gasteiger partial charge in [0, 0.05) is 18.6 Å². The number of rotatable bonds is 6. The molecule has 0 heterocycles. The summed E-state index contributed by atoms with van der Waals surface area (Å²) < 4.78 is 13.6. The fraction of sp³-hybridized carbons (Fsp3) is 0.562. The van der Waals surface area contributed by atoms with Gasteiger partial charge >= 0.3 is 0 Å². The monoisotopic (exact) mass is 308 g/mol. The molecule has 0 spiro atoms. The summed E-state index contributed by atoms with van der Waals surface area (Å²) in [6, 6.07) is 3.12. The Morgan fingerprint density at radius 2 is 2.05 bits per heavy atom. The minimum Gasteiger partial charge on any atom is -0.323 e. The number of carbonyl (C=O) groups excluding carboxylic acids is 1. The highest BCUT2D eigenvalue weighted by Gasteiger charge is 2.15. The van der Waals surface area contributed by atoms with Gasteiger partial charge in [0.1, 0.15) is 5.82 Å². The molecule has 0 aliphatic heterocycles. The molecular formula is C16H21FN2O3. The van der Waals surface area contributed by atoms with E-state index in [2.05, 4.69) is 5.32 Å². The summed E-state index contributed by atoms with van der Waals surface area (Å²) in [6.07, 6.45) is 8.44. The highest BCUT2D eigenvalue weighted by atomic mass is 19.1. The summed E-state index contributed by atoms with van der Waals surface area (Å²) in [5, 5.41) is 13.1. The van der Waals surface area contributed by atoms with Gasteiger partial charge in [-0.3, -0.25) is 14.9 Å². The van der Waals surface area contributed by atoms with E-state index in [1.54, 1.807) is 0 Å². The molecule has 22 heavy (non-hydrogen) atoms. The average Bonchev–Trinajstić information content (AvgIpc) is 2.50. The first-order chi connectivity index (χ1) is 10.6. The van der Waals surface area contributed by atoms with E-state index in [1.165, 1.54) is 32.1 Å². The molecule has 1 aromatic carbocycles. The van der Waals surface area contributed by atoms with Gasteiger partial charge in [0.2, 0.25) is 5.91 Å². The minimum atomic E-state index is -0.661. The lowest BCUT2D eigenvalue weighted by Gasteiger charge is -2.21. The zero-order chi connectivity index (χ0) is 15.9. The van der Waals surface area contributed by atoms with Gasteiger partial charge < -0.3 is 5.32 Å². The molecule has 0 saturated heterocycles. The highest BCUT2D eigenvalue weighted by Crippen LogP contribution is 2.28. The van der Waals surface area contributed by atoms with Crippen LogP contribution in [0, 0.1) is 21.8 Å². The van der Waals surface area contributed by atoms with Crippen LogP contribution in [0.1, 0.15) is 51.4 Å². The molecule has 1 amide bonds. The zero-order valence-corrected chi connectivity index (χ0v) is 12.5. The van der Waals surface area contributed by atoms with Gasteiger partial charge in [0.25, 0.3) is 5.69 Å². The van der Waals surface area contributed by atoms with E-state index in [4.69, 9.17) is 0 Å². The number of hydrogen-bond donors (Lipinski definition) is 1. The molecule has 1 N–H and O–H groups in total. The smallest absolute Gasteiger partial charge is 0.271 e. The largest absolute Gasteiger partial charge is 0.323 e. The molecule has 5 nitrogen and oxygen atoms in total. The molecule has 1 fully saturated rings. The maximum absolute atomic E-state index is 13.6. The number of anilines is 1. The molecule has 1 aromatic rings. The van der Waals surface area contributed by atoms with Gasteiger partial charge in [-0.25, -0.2) is 4.39 Å². The van der Waals surface area contributed by atoms with Gasteiger partial charge in [-0.2, -0.15) is 0 Å². The topological polar surface area (TPSA) is 72.2 Å². The van der Waals surface area contributed by atoms with E-state index in [-0.39, 0.29) is 17.3 Å². The molecule has 0 atom stereocenters. The van der Waals surface area contributed by atoms with Crippen molar-refractivity contribution < 1.29 is 14.1 Å². The van der Waals surface area contributed by atoms with Gasteiger partial charge in [-0.05, 0) is 24.8 Å². The Morgan fingerprint density at radius 1 is 1.32 bits per heavy atom. The summed E-state index contributed by atoms with van der Waals surface area (Å²) >= 11 is 0. The Bertz CT molecular complexity index is 542. The van der Waals surface area contributed by atoms with Crippen LogP contribution in [0.2, 0.25) is 0 Å². The van der Waals surface area contributed by atoms with Gasteiger partial charge in [0.15, 0.2) is 0 Å². The summed E-state index contributed by atoms with van der Waals surface area (Å²) in [4.78, 5) is 21.9. The number of nitrogens with zero attached hydrogens (tertiary/aromatic N) is 1. The second kappa shape index (κ2) is 7.87. The highest BCUT2D eigenvalue weighted by molar-refractivity contribution is 5.91. The first-order valence-electron chi connectivity index (χ1n) is 7.80. The first kappa shape index (κ1) is 16.4. The van der Waals surface area contributed by atoms with Crippen molar-refractivity contribution in [1.29, 1.82) is 0 Å². The summed E-state index contributed by atoms with van der Waals surface area (Å²) in [6.45, 7) is 0. The van der Waals surface area contributed by atoms with Gasteiger partial charge in [-0.1, -0.05) is 32.1 Å². The number of hydrogen-bond acceptors (Lipinski definition) is 3. The van der Waals surface area contributed by atoms with Crippen LogP contribution in [0.15, 0.2) is 18.2 Å². The number of nitro benzene ring substituents is 1. The van der Waals surface area contributed by atoms with E-state index in [1.807, 2.05) is 0 Å². The molecule has 1 aliphatic carbocycles. The van der Waals surface area contributed by atoms with Crippen molar-refractivity contribution in [3.63, 3.8) is 0 Å². The number of benzene rings is 1. The number of nitrogens with one attached hydrogen (secondary N) is 1. The van der Waals surface area contributed by atoms with Crippen LogP contribution in [-0.4, -0.2) is 10.8 Å². The Hall–Kier alpha value is -1.98. The molecule has 6 heteroatoms. The van der Waals surface area contributed by atoms with Crippen LogP contribution < -0.4 is 5.32 Å². The molecule has 0 bridgehead atoms. The van der Waals surface area contributed by atoms with Gasteiger partial charge in [0.05, 0.1) is 10.6 Å². The molecule has 0 unspecified atom stereocenters. The van der Waals surface area contributed by atoms with Crippen LogP contribution in [0.4, 0.5) is 15.8 Å². The van der Waals surface area contributed by atoms with Gasteiger partial charge in [-0.15, -0.1) is 0 Å². The van der Waals surface area contributed by atoms with E-state index >= 15 is 0 Å². The maximum Gasteiger partial charge on any atom is 0.271 e. The number of nitro groups is 1. The molecule has 2 rings (SSSR count). The Morgan fingerprint density at radius 3 is 2.73 bits per heavy atom. The molecule has 0 aromatic heterocycles. The summed E-state index contributed by atoms with van der Waals surface area (Å²) in [5.41, 5.74) is -0.365. The molecule has 120 valence electrons. The SMILES string of the molecule is O=C(CCCC1CCCCC1)Nc1cc([N+](=O)[O-])ccc1F. The number of carbonyl (C=O) groups is 1. The predicted octanol–water partition coefficient (Wildman–Crippen LogP) is 4.42. The van der Waals surface area contributed by atoms with Crippen LogP contribution >= 0.6 is 0 Å². The van der Waals surface area contributed by atoms with Crippen molar-refractivity contribution >= 4 is 17.3 Å². The van der Waals surface area contributed by atoms with Crippen LogP contribution in [0.25, 0.3) is 0 Å². The van der Waals surface area contributed by atoms with Crippen molar-refractivity contribution in [2.75, 3.05) is 5.32 Å². The van der Waals surface area contributed by atoms with E-state index < -0.39 is 10.7 Å². The van der Waals surface area contributed by atoms with Crippen molar-refractivity contribution in [3.8, 4) is 0 Å². The predicted molar refractivity (Wildman–Crippen MR) is 82.1 cm³/mol. The quantitative estimate of drug-likeness (QED) is 0.624. The summed E-state index contributed by atoms with van der Waals surface area (Å²) in [5.74, 6) is -0.252. The Balaban J connectivity index is 1.81. The lowest BCUT2D eigenvalue weighted by molar-refractivity contribution is -0.384. The van der Waals surface area contributed by atoms with Crippen molar-refractivity contribution in [2.45, 2.75) is 51.4 Å². The molecule has 0 radical (unpaired) electrons. The second-order valence-electron chi connectivity index (χ2n) is 5.87. The van der Waals surface area contributed by atoms with E-state index in [0.717, 1.165) is 31.0 Å². The Labute approximate surface area is 129 Å². The lowest BCUT2D eigenvalue weighted by Crippen LogP contribution is -2.14. The average molecular weight is 308 g/mol. The normalized spacial score (nSPS) is 15.5. The van der Waals surface area contributed by atoms with Crippen LogP contribution in [0.5, 0.6) is 0 Å². The van der Waals surface area contributed by atoms with Crippen molar-refractivity contribution in [1.82, 2.24) is 0 Å². The van der Waals surface area contributed by atoms with Crippen molar-refractivity contribution in [3.05, 3.63) is 34.1 Å². The second-order valence-corrected chi connectivity index (χ2v) is 5.87. The number of halogens is 1. The fourth-order valence-corrected chi connectivity index (χ4v) is 2.96. The van der Waals surface area contributed by atoms with Crippen LogP contribution in [0.3, 0.4) is 0 Å². The first-order valence-corrected chi connectivity index (χ1v) is 7.80. The number of non-ortho nitro benzene ring substituents is 1. The van der Waals surface area contributed by atoms with E-state index in [0.29, 0.717) is 12.3 Å². The third-order valence-corrected chi connectivity index (χ3v) is 4.18. The lowest BCUT2D eigenvalue weighted by atomic mass is 9.86. The molecular weight excluding hydrogens is 287 g/mol. The standard InChI is InChI=1S/C16H21FN2O3/c17-14-10-9-13(19(21)22)11-15(14)18-16(20)8-4-7-12-5-2-1-3-6-12/h9-12H,1-8H2,(H,18,20). The fourth-order valence-electron chi connectivity index (χ4n) is 2.96. The summed E-state index contributed by atoms with van der Waals surface area (Å²) in [7, 11) is 0. The maximum atomic E-state index is 13.6. The minimum absolute atomic E-state index is 0.128. The van der Waals surface area contributed by atoms with E-state index in [9.17, 15) is 19.3 Å². The van der Waals surface area contributed by atoms with Crippen molar-refractivity contribution in [2.24, 2.45) is 5.92 Å². The zero-order valence-electron chi connectivity index (χ0n) is 12.5. The Kier molecular flexibility index (Phi) is 5.86. The third-order valence-electron chi connectivity index (χ3n) is 4.18. The van der Waals surface area contributed by atoms with Crippen LogP contribution in [-0.2, 0) is 4.79 Å². The third kappa shape index (κ3) is 4.79.